The van der Waals surface area contributed by atoms with Gasteiger partial charge in [-0.2, -0.15) is 14.9 Å². The fourth-order valence-electron chi connectivity index (χ4n) is 4.60. The van der Waals surface area contributed by atoms with Crippen molar-refractivity contribution in [2.75, 3.05) is 25.0 Å². The number of hydrogen-bond donors (Lipinski definition) is 2. The highest BCUT2D eigenvalue weighted by Gasteiger charge is 2.21. The molecule has 1 fully saturated rings. The van der Waals surface area contributed by atoms with Crippen molar-refractivity contribution in [1.29, 1.82) is 5.26 Å². The smallest absolute Gasteiger partial charge is 0.172 e. The number of fused-ring (bicyclic) bond motifs is 1. The summed E-state index contributed by atoms with van der Waals surface area (Å²) in [6, 6.07) is 19.3. The summed E-state index contributed by atoms with van der Waals surface area (Å²) in [5.74, 6) is 1.53. The Morgan fingerprint density at radius 2 is 2.06 bits per heavy atom. The van der Waals surface area contributed by atoms with Gasteiger partial charge < -0.3 is 10.4 Å². The molecule has 7 nitrogen and oxygen atoms in total. The van der Waals surface area contributed by atoms with Crippen LogP contribution in [0.5, 0.6) is 5.75 Å². The maximum Gasteiger partial charge on any atom is 0.172 e. The van der Waals surface area contributed by atoms with Gasteiger partial charge in [0.1, 0.15) is 11.6 Å². The van der Waals surface area contributed by atoms with E-state index in [1.54, 1.807) is 22.8 Å². The van der Waals surface area contributed by atoms with Crippen LogP contribution < -0.4 is 5.32 Å². The molecule has 0 spiro atoms. The summed E-state index contributed by atoms with van der Waals surface area (Å²) in [4.78, 5) is 7.18. The van der Waals surface area contributed by atoms with Gasteiger partial charge in [-0.1, -0.05) is 24.3 Å². The quantitative estimate of drug-likeness (QED) is 0.372. The van der Waals surface area contributed by atoms with Crippen molar-refractivity contribution in [3.05, 3.63) is 76.4 Å². The van der Waals surface area contributed by atoms with E-state index in [1.165, 1.54) is 5.56 Å². The van der Waals surface area contributed by atoms with Crippen molar-refractivity contribution in [3.63, 3.8) is 0 Å². The Hall–Kier alpha value is -3.41. The zero-order valence-corrected chi connectivity index (χ0v) is 20.2. The summed E-state index contributed by atoms with van der Waals surface area (Å²) < 4.78 is 2.60. The van der Waals surface area contributed by atoms with Gasteiger partial charge in [-0.15, -0.1) is 0 Å². The van der Waals surface area contributed by atoms with Gasteiger partial charge in [0.2, 0.25) is 0 Å². The average molecular weight is 517 g/mol. The third kappa shape index (κ3) is 4.76. The topological polar surface area (TPSA) is 89.5 Å². The molecule has 0 radical (unpaired) electrons. The number of likely N-dealkylation sites (tertiary alicyclic amines) is 1. The van der Waals surface area contributed by atoms with Gasteiger partial charge in [0.05, 0.1) is 28.0 Å². The predicted molar refractivity (Wildman–Crippen MR) is 135 cm³/mol. The molecule has 172 valence electrons. The number of hydrogen-bond acceptors (Lipinski definition) is 6. The first-order valence-electron chi connectivity index (χ1n) is 11.4. The number of phenolic OH excluding ortho intramolecular Hbond substituents is 1. The van der Waals surface area contributed by atoms with E-state index in [4.69, 9.17) is 4.98 Å². The molecule has 2 aromatic heterocycles. The standard InChI is InChI=1S/C26H25BrN6O/c27-22-15-30-33-25(12-23(31-26(22)33)21-8-1-2-9-24(21)34)29-14-20-7-4-10-32(17-20)16-19-6-3-5-18(11-19)13-28/h1-3,5-6,8-9,11-12,15,20,29,34H,4,7,10,14,16-17H2. The van der Waals surface area contributed by atoms with Crippen LogP contribution in [0.25, 0.3) is 16.9 Å². The lowest BCUT2D eigenvalue weighted by Crippen LogP contribution is -2.37. The fraction of sp³-hybridized carbons (Fsp3) is 0.269. The average Bonchev–Trinajstić information content (AvgIpc) is 3.24. The van der Waals surface area contributed by atoms with Crippen LogP contribution in [-0.2, 0) is 6.54 Å². The highest BCUT2D eigenvalue weighted by Crippen LogP contribution is 2.31. The fourth-order valence-corrected chi connectivity index (χ4v) is 4.95. The lowest BCUT2D eigenvalue weighted by Gasteiger charge is -2.33. The van der Waals surface area contributed by atoms with Crippen LogP contribution in [0.15, 0.2) is 65.3 Å². The van der Waals surface area contributed by atoms with E-state index in [-0.39, 0.29) is 5.75 Å². The molecule has 1 unspecified atom stereocenters. The predicted octanol–water partition coefficient (Wildman–Crippen LogP) is 5.06. The third-order valence-corrected chi connectivity index (χ3v) is 6.81. The van der Waals surface area contributed by atoms with Crippen LogP contribution in [0.4, 0.5) is 5.82 Å². The maximum absolute atomic E-state index is 10.3. The number of aromatic hydroxyl groups is 1. The van der Waals surface area contributed by atoms with Gasteiger partial charge >= 0.3 is 0 Å². The molecule has 34 heavy (non-hydrogen) atoms. The maximum atomic E-state index is 10.3. The molecule has 1 saturated heterocycles. The van der Waals surface area contributed by atoms with E-state index in [2.05, 4.69) is 43.4 Å². The molecule has 1 aliphatic heterocycles. The van der Waals surface area contributed by atoms with Crippen molar-refractivity contribution in [2.45, 2.75) is 19.4 Å². The number of piperidine rings is 1. The molecular formula is C26H25BrN6O. The van der Waals surface area contributed by atoms with E-state index in [1.807, 2.05) is 36.4 Å². The van der Waals surface area contributed by atoms with Gasteiger partial charge in [-0.25, -0.2) is 4.98 Å². The molecule has 0 bridgehead atoms. The number of halogens is 1. The van der Waals surface area contributed by atoms with Gasteiger partial charge in [0.15, 0.2) is 5.65 Å². The lowest BCUT2D eigenvalue weighted by molar-refractivity contribution is 0.173. The second kappa shape index (κ2) is 9.84. The number of anilines is 1. The number of para-hydroxylation sites is 1. The molecule has 1 aliphatic rings. The largest absolute Gasteiger partial charge is 0.507 e. The second-order valence-corrected chi connectivity index (χ2v) is 9.56. The van der Waals surface area contributed by atoms with Gasteiger partial charge in [0.25, 0.3) is 0 Å². The molecule has 2 N–H and O–H groups in total. The van der Waals surface area contributed by atoms with Crippen molar-refractivity contribution in [2.24, 2.45) is 5.92 Å². The molecule has 0 saturated carbocycles. The molecule has 0 amide bonds. The first-order chi connectivity index (χ1) is 16.6. The summed E-state index contributed by atoms with van der Waals surface area (Å²) in [7, 11) is 0. The molecule has 4 aromatic rings. The molecule has 5 rings (SSSR count). The number of phenols is 1. The van der Waals surface area contributed by atoms with E-state index in [0.29, 0.717) is 28.4 Å². The third-order valence-electron chi connectivity index (χ3n) is 6.25. The van der Waals surface area contributed by atoms with E-state index < -0.39 is 0 Å². The summed E-state index contributed by atoms with van der Waals surface area (Å²) in [6.07, 6.45) is 4.04. The zero-order valence-electron chi connectivity index (χ0n) is 18.7. The van der Waals surface area contributed by atoms with Crippen LogP contribution >= 0.6 is 15.9 Å². The molecule has 1 atom stereocenters. The van der Waals surface area contributed by atoms with E-state index in [9.17, 15) is 10.4 Å². The summed E-state index contributed by atoms with van der Waals surface area (Å²) >= 11 is 3.54. The number of rotatable bonds is 6. The van der Waals surface area contributed by atoms with E-state index >= 15 is 0 Å². The first-order valence-corrected chi connectivity index (χ1v) is 12.2. The monoisotopic (exact) mass is 516 g/mol. The SMILES string of the molecule is N#Cc1cccc(CN2CCCC(CNc3cc(-c4ccccc4O)nc4c(Br)cnn34)C2)c1. The summed E-state index contributed by atoms with van der Waals surface area (Å²) in [6.45, 7) is 3.73. The number of aromatic nitrogens is 3. The first kappa shape index (κ1) is 22.4. The number of benzene rings is 2. The Morgan fingerprint density at radius 1 is 1.18 bits per heavy atom. The van der Waals surface area contributed by atoms with Crippen LogP contribution in [0.1, 0.15) is 24.0 Å². The molecule has 2 aromatic carbocycles. The Kier molecular flexibility index (Phi) is 6.48. The van der Waals surface area contributed by atoms with E-state index in [0.717, 1.165) is 49.3 Å². The van der Waals surface area contributed by atoms with Crippen molar-refractivity contribution in [3.8, 4) is 23.1 Å². The minimum absolute atomic E-state index is 0.198. The minimum atomic E-state index is 0.198. The second-order valence-electron chi connectivity index (χ2n) is 8.71. The van der Waals surface area contributed by atoms with Crippen LogP contribution in [0.3, 0.4) is 0 Å². The zero-order chi connectivity index (χ0) is 23.5. The number of nitrogens with zero attached hydrogens (tertiary/aromatic N) is 5. The number of nitrogens with one attached hydrogen (secondary N) is 1. The van der Waals surface area contributed by atoms with Gasteiger partial charge in [-0.05, 0) is 71.1 Å². The molecular weight excluding hydrogens is 492 g/mol. The normalized spacial score (nSPS) is 16.4. The Labute approximate surface area is 206 Å². The Bertz CT molecular complexity index is 1360. The Balaban J connectivity index is 1.32. The van der Waals surface area contributed by atoms with Gasteiger partial charge in [0, 0.05) is 31.3 Å². The molecule has 8 heteroatoms. The number of nitriles is 1. The molecule has 3 heterocycles. The lowest BCUT2D eigenvalue weighted by atomic mass is 9.97. The highest BCUT2D eigenvalue weighted by atomic mass is 79.9. The molecule has 0 aliphatic carbocycles. The summed E-state index contributed by atoms with van der Waals surface area (Å²) in [5.41, 5.74) is 3.96. The van der Waals surface area contributed by atoms with Crippen LogP contribution in [0.2, 0.25) is 0 Å². The van der Waals surface area contributed by atoms with Crippen molar-refractivity contribution in [1.82, 2.24) is 19.5 Å². The van der Waals surface area contributed by atoms with Crippen LogP contribution in [0, 0.1) is 17.2 Å². The van der Waals surface area contributed by atoms with Crippen LogP contribution in [-0.4, -0.2) is 44.2 Å². The van der Waals surface area contributed by atoms with Gasteiger partial charge in [-0.3, -0.25) is 4.90 Å². The summed E-state index contributed by atoms with van der Waals surface area (Å²) in [5, 5.41) is 27.6. The highest BCUT2D eigenvalue weighted by molar-refractivity contribution is 9.10. The van der Waals surface area contributed by atoms with Crippen molar-refractivity contribution >= 4 is 27.4 Å². The minimum Gasteiger partial charge on any atom is -0.507 e. The Morgan fingerprint density at radius 3 is 2.91 bits per heavy atom. The van der Waals surface area contributed by atoms with Crippen molar-refractivity contribution < 1.29 is 5.11 Å².